The highest BCUT2D eigenvalue weighted by Crippen LogP contribution is 2.51. The van der Waals surface area contributed by atoms with Crippen molar-refractivity contribution in [2.24, 2.45) is 0 Å². The van der Waals surface area contributed by atoms with Crippen LogP contribution in [0.3, 0.4) is 0 Å². The van der Waals surface area contributed by atoms with Crippen LogP contribution in [0.4, 0.5) is 17.1 Å². The minimum Gasteiger partial charge on any atom is -0.310 e. The Morgan fingerprint density at radius 2 is 0.936 bits per heavy atom. The second-order valence-electron chi connectivity index (χ2n) is 13.9. The summed E-state index contributed by atoms with van der Waals surface area (Å²) in [5.41, 5.74) is 12.7. The average molecular weight is 602 g/mol. The SMILES string of the molecule is CC(C)(C)c1c(N(c2ccccc2)c2ccc3cc4c(cc3c2)-c2cc3cc(-c5ccccc5)ccc3cc2-4)ccc2ccccc12. The first-order valence-electron chi connectivity index (χ1n) is 16.5. The highest BCUT2D eigenvalue weighted by Gasteiger charge is 2.27. The van der Waals surface area contributed by atoms with Gasteiger partial charge in [-0.1, -0.05) is 118 Å². The summed E-state index contributed by atoms with van der Waals surface area (Å²) >= 11 is 0. The summed E-state index contributed by atoms with van der Waals surface area (Å²) in [6.07, 6.45) is 0. The van der Waals surface area contributed by atoms with Gasteiger partial charge in [-0.05, 0) is 137 Å². The van der Waals surface area contributed by atoms with E-state index < -0.39 is 0 Å². The van der Waals surface area contributed by atoms with Gasteiger partial charge >= 0.3 is 0 Å². The van der Waals surface area contributed by atoms with Crippen LogP contribution < -0.4 is 4.90 Å². The van der Waals surface area contributed by atoms with Crippen molar-refractivity contribution in [3.05, 3.63) is 163 Å². The van der Waals surface area contributed by atoms with Crippen LogP contribution >= 0.6 is 0 Å². The molecule has 0 amide bonds. The van der Waals surface area contributed by atoms with Crippen LogP contribution in [0.2, 0.25) is 0 Å². The molecule has 8 aromatic rings. The number of benzene rings is 8. The smallest absolute Gasteiger partial charge is 0.0505 e. The first-order valence-corrected chi connectivity index (χ1v) is 16.5. The molecule has 1 heteroatoms. The molecule has 0 aromatic heterocycles. The molecule has 1 nitrogen and oxygen atoms in total. The maximum absolute atomic E-state index is 2.44. The Labute approximate surface area is 276 Å². The van der Waals surface area contributed by atoms with E-state index in [4.69, 9.17) is 0 Å². The first kappa shape index (κ1) is 27.6. The normalized spacial score (nSPS) is 12.1. The van der Waals surface area contributed by atoms with E-state index in [0.29, 0.717) is 0 Å². The molecular weight excluding hydrogens is 567 g/mol. The Morgan fingerprint density at radius 1 is 0.383 bits per heavy atom. The van der Waals surface area contributed by atoms with Crippen LogP contribution in [0.15, 0.2) is 158 Å². The molecule has 0 heterocycles. The summed E-state index contributed by atoms with van der Waals surface area (Å²) in [5, 5.41) is 7.66. The van der Waals surface area contributed by atoms with Crippen molar-refractivity contribution in [2.45, 2.75) is 26.2 Å². The van der Waals surface area contributed by atoms with Crippen molar-refractivity contribution in [1.29, 1.82) is 0 Å². The molecule has 0 aliphatic heterocycles. The van der Waals surface area contributed by atoms with Gasteiger partial charge in [0.05, 0.1) is 5.69 Å². The Morgan fingerprint density at radius 3 is 1.62 bits per heavy atom. The zero-order valence-corrected chi connectivity index (χ0v) is 27.0. The highest BCUT2D eigenvalue weighted by atomic mass is 15.1. The molecule has 0 fully saturated rings. The molecule has 47 heavy (non-hydrogen) atoms. The minimum absolute atomic E-state index is 0.0597. The van der Waals surface area contributed by atoms with E-state index in [2.05, 4.69) is 183 Å². The number of anilines is 3. The molecule has 1 aliphatic rings. The molecular formula is C46H35N. The van der Waals surface area contributed by atoms with Gasteiger partial charge in [-0.3, -0.25) is 0 Å². The summed E-state index contributed by atoms with van der Waals surface area (Å²) in [4.78, 5) is 2.44. The molecule has 0 atom stereocenters. The largest absolute Gasteiger partial charge is 0.310 e. The van der Waals surface area contributed by atoms with Gasteiger partial charge in [-0.2, -0.15) is 0 Å². The van der Waals surface area contributed by atoms with E-state index in [1.165, 1.54) is 76.9 Å². The van der Waals surface area contributed by atoms with Gasteiger partial charge in [0, 0.05) is 11.4 Å². The third-order valence-corrected chi connectivity index (χ3v) is 9.79. The molecule has 1 aliphatic carbocycles. The number of hydrogen-bond donors (Lipinski definition) is 0. The quantitative estimate of drug-likeness (QED) is 0.194. The fraction of sp³-hybridized carbons (Fsp3) is 0.0870. The molecule has 0 unspecified atom stereocenters. The molecule has 0 N–H and O–H groups in total. The van der Waals surface area contributed by atoms with Gasteiger partial charge in [-0.15, -0.1) is 0 Å². The summed E-state index contributed by atoms with van der Waals surface area (Å²) in [7, 11) is 0. The van der Waals surface area contributed by atoms with Crippen LogP contribution in [0, 0.1) is 0 Å². The molecule has 0 bridgehead atoms. The van der Waals surface area contributed by atoms with Crippen molar-refractivity contribution in [3.8, 4) is 33.4 Å². The van der Waals surface area contributed by atoms with Gasteiger partial charge in [0.25, 0.3) is 0 Å². The standard InChI is InChI=1S/C46H35N/c1-46(2,3)45-39-17-11-10-14-31(39)21-23-44(45)47(37-15-8-5-9-16-37)38-22-20-34-27-41-40-26-33-19-18-32(30-12-6-4-7-13-30)24-35(33)28-42(40)43(41)29-36(34)25-38/h4-29H,1-3H3. The fourth-order valence-electron chi connectivity index (χ4n) is 7.60. The van der Waals surface area contributed by atoms with E-state index in [1.54, 1.807) is 0 Å². The van der Waals surface area contributed by atoms with E-state index in [1.807, 2.05) is 0 Å². The van der Waals surface area contributed by atoms with E-state index in [-0.39, 0.29) is 5.41 Å². The highest BCUT2D eigenvalue weighted by molar-refractivity contribution is 6.12. The lowest BCUT2D eigenvalue weighted by Gasteiger charge is -2.33. The lowest BCUT2D eigenvalue weighted by Crippen LogP contribution is -2.19. The van der Waals surface area contributed by atoms with Crippen molar-refractivity contribution in [1.82, 2.24) is 0 Å². The van der Waals surface area contributed by atoms with Gasteiger partial charge in [-0.25, -0.2) is 0 Å². The predicted octanol–water partition coefficient (Wildman–Crippen LogP) is 13.2. The predicted molar refractivity (Wildman–Crippen MR) is 202 cm³/mol. The number of rotatable bonds is 4. The lowest BCUT2D eigenvalue weighted by atomic mass is 9.77. The van der Waals surface area contributed by atoms with E-state index in [9.17, 15) is 0 Å². The van der Waals surface area contributed by atoms with Crippen LogP contribution in [-0.4, -0.2) is 0 Å². The Hall–Kier alpha value is -5.66. The number of para-hydroxylation sites is 1. The van der Waals surface area contributed by atoms with Crippen molar-refractivity contribution in [2.75, 3.05) is 4.90 Å². The third kappa shape index (κ3) is 4.54. The first-order chi connectivity index (χ1) is 22.9. The van der Waals surface area contributed by atoms with E-state index in [0.717, 1.165) is 11.4 Å². The van der Waals surface area contributed by atoms with Crippen LogP contribution in [0.25, 0.3) is 65.7 Å². The van der Waals surface area contributed by atoms with Crippen LogP contribution in [-0.2, 0) is 5.41 Å². The minimum atomic E-state index is -0.0597. The molecule has 224 valence electrons. The maximum atomic E-state index is 2.44. The second kappa shape index (κ2) is 10.4. The van der Waals surface area contributed by atoms with Gasteiger partial charge < -0.3 is 4.90 Å². The number of nitrogens with zero attached hydrogens (tertiary/aromatic N) is 1. The van der Waals surface area contributed by atoms with Crippen molar-refractivity contribution >= 4 is 49.4 Å². The third-order valence-electron chi connectivity index (χ3n) is 9.79. The van der Waals surface area contributed by atoms with Crippen LogP contribution in [0.1, 0.15) is 26.3 Å². The van der Waals surface area contributed by atoms with Gasteiger partial charge in [0.15, 0.2) is 0 Å². The fourth-order valence-corrected chi connectivity index (χ4v) is 7.60. The summed E-state index contributed by atoms with van der Waals surface area (Å²) in [6, 6.07) is 58.1. The van der Waals surface area contributed by atoms with Crippen LogP contribution in [0.5, 0.6) is 0 Å². The lowest BCUT2D eigenvalue weighted by molar-refractivity contribution is 0.596. The monoisotopic (exact) mass is 601 g/mol. The topological polar surface area (TPSA) is 3.24 Å². The zero-order valence-electron chi connectivity index (χ0n) is 27.0. The number of hydrogen-bond acceptors (Lipinski definition) is 1. The molecule has 9 rings (SSSR count). The Bertz CT molecular complexity index is 2480. The van der Waals surface area contributed by atoms with Crippen molar-refractivity contribution in [3.63, 3.8) is 0 Å². The molecule has 0 spiro atoms. The average Bonchev–Trinajstić information content (AvgIpc) is 3.10. The van der Waals surface area contributed by atoms with Crippen molar-refractivity contribution < 1.29 is 0 Å². The summed E-state index contributed by atoms with van der Waals surface area (Å²) < 4.78 is 0. The zero-order chi connectivity index (χ0) is 31.7. The summed E-state index contributed by atoms with van der Waals surface area (Å²) in [5.74, 6) is 0. The summed E-state index contributed by atoms with van der Waals surface area (Å²) in [6.45, 7) is 6.97. The number of fused-ring (bicyclic) bond motifs is 7. The Kier molecular flexibility index (Phi) is 6.14. The maximum Gasteiger partial charge on any atom is 0.0505 e. The molecule has 0 radical (unpaired) electrons. The van der Waals surface area contributed by atoms with E-state index >= 15 is 0 Å². The Balaban J connectivity index is 1.19. The molecule has 8 aromatic carbocycles. The van der Waals surface area contributed by atoms with Gasteiger partial charge in [0.2, 0.25) is 0 Å². The van der Waals surface area contributed by atoms with Gasteiger partial charge in [0.1, 0.15) is 0 Å². The molecule has 0 saturated carbocycles. The second-order valence-corrected chi connectivity index (χ2v) is 13.9. The molecule has 0 saturated heterocycles.